The monoisotopic (exact) mass is 598 g/mol. The largest absolute Gasteiger partial charge is 0.439 e. The van der Waals surface area contributed by atoms with Gasteiger partial charge in [0.2, 0.25) is 11.8 Å². The highest BCUT2D eigenvalue weighted by molar-refractivity contribution is 5.88. The summed E-state index contributed by atoms with van der Waals surface area (Å²) >= 11 is 0. The van der Waals surface area contributed by atoms with Crippen LogP contribution in [0, 0.1) is 6.92 Å². The minimum Gasteiger partial charge on any atom is -0.439 e. The number of hydrogen-bond donors (Lipinski definition) is 2. The molecular formula is C33H42N8O3. The van der Waals surface area contributed by atoms with Crippen molar-refractivity contribution in [1.29, 1.82) is 0 Å². The van der Waals surface area contributed by atoms with E-state index in [0.29, 0.717) is 23.4 Å². The van der Waals surface area contributed by atoms with Crippen LogP contribution in [0.2, 0.25) is 0 Å². The first-order valence-corrected chi connectivity index (χ1v) is 15.0. The third kappa shape index (κ3) is 7.91. The molecule has 232 valence electrons. The molecule has 1 aliphatic heterocycles. The molecule has 1 saturated heterocycles. The lowest BCUT2D eigenvalue weighted by Crippen LogP contribution is -2.47. The van der Waals surface area contributed by atoms with E-state index in [4.69, 9.17) is 14.6 Å². The molecule has 1 fully saturated rings. The molecule has 11 nitrogen and oxygen atoms in total. The second kappa shape index (κ2) is 13.9. The Hall–Kier alpha value is -4.48. The second-order valence-corrected chi connectivity index (χ2v) is 11.9. The molecule has 1 aliphatic rings. The number of amides is 2. The number of carbonyl (C=O) groups excluding carboxylic acids is 1. The number of rotatable bonds is 10. The van der Waals surface area contributed by atoms with E-state index in [0.717, 1.165) is 61.8 Å². The summed E-state index contributed by atoms with van der Waals surface area (Å²) in [5.74, 6) is 2.30. The highest BCUT2D eigenvalue weighted by Gasteiger charge is 2.22. The zero-order valence-corrected chi connectivity index (χ0v) is 26.2. The van der Waals surface area contributed by atoms with Gasteiger partial charge in [-0.3, -0.25) is 10.2 Å². The average molecular weight is 599 g/mol. The number of aryl methyl sites for hydroxylation is 1. The molecule has 0 unspecified atom stereocenters. The molecule has 2 N–H and O–H groups in total. The number of para-hydroxylation sites is 1. The zero-order valence-electron chi connectivity index (χ0n) is 26.2. The van der Waals surface area contributed by atoms with Gasteiger partial charge in [-0.25, -0.2) is 14.5 Å². The molecule has 0 bridgehead atoms. The molecular weight excluding hydrogens is 556 g/mol. The Balaban J connectivity index is 1.23. The van der Waals surface area contributed by atoms with E-state index in [-0.39, 0.29) is 18.0 Å². The van der Waals surface area contributed by atoms with Crippen molar-refractivity contribution in [2.75, 3.05) is 56.7 Å². The number of anilines is 2. The van der Waals surface area contributed by atoms with Gasteiger partial charge >= 0.3 is 6.03 Å². The van der Waals surface area contributed by atoms with Gasteiger partial charge in [-0.15, -0.1) is 0 Å². The van der Waals surface area contributed by atoms with E-state index in [1.54, 1.807) is 24.1 Å². The Kier molecular flexibility index (Phi) is 9.76. The summed E-state index contributed by atoms with van der Waals surface area (Å²) in [6.07, 6.45) is 1.71. The van der Waals surface area contributed by atoms with Crippen LogP contribution in [0.25, 0.3) is 5.69 Å². The second-order valence-electron chi connectivity index (χ2n) is 11.9. The molecule has 2 aromatic heterocycles. The summed E-state index contributed by atoms with van der Waals surface area (Å²) in [5.41, 5.74) is 3.54. The number of methoxy groups -OCH3 is 1. The first kappa shape index (κ1) is 31.0. The van der Waals surface area contributed by atoms with Crippen LogP contribution in [0.4, 0.5) is 16.6 Å². The Labute approximate surface area is 259 Å². The molecule has 0 spiro atoms. The van der Waals surface area contributed by atoms with Gasteiger partial charge in [-0.1, -0.05) is 56.7 Å². The number of piperazine rings is 1. The maximum absolute atomic E-state index is 13.1. The molecule has 5 rings (SSSR count). The number of benzene rings is 2. The van der Waals surface area contributed by atoms with Gasteiger partial charge < -0.3 is 19.7 Å². The fourth-order valence-electron chi connectivity index (χ4n) is 4.85. The normalized spacial score (nSPS) is 14.0. The van der Waals surface area contributed by atoms with Gasteiger partial charge in [0.25, 0.3) is 0 Å². The summed E-state index contributed by atoms with van der Waals surface area (Å²) in [6.45, 7) is 13.8. The summed E-state index contributed by atoms with van der Waals surface area (Å²) in [6, 6.07) is 19.0. The number of urea groups is 1. The molecule has 3 heterocycles. The number of aromatic nitrogens is 4. The van der Waals surface area contributed by atoms with E-state index < -0.39 is 0 Å². The van der Waals surface area contributed by atoms with Crippen molar-refractivity contribution < 1.29 is 14.3 Å². The third-order valence-electron chi connectivity index (χ3n) is 7.51. The first-order valence-electron chi connectivity index (χ1n) is 15.0. The first-order chi connectivity index (χ1) is 21.2. The van der Waals surface area contributed by atoms with Crippen molar-refractivity contribution in [2.45, 2.75) is 39.7 Å². The predicted octanol–water partition coefficient (Wildman–Crippen LogP) is 5.15. The topological polar surface area (TPSA) is 110 Å². The van der Waals surface area contributed by atoms with Crippen molar-refractivity contribution in [3.05, 3.63) is 83.7 Å². The molecule has 4 aromatic rings. The molecule has 2 amide bonds. The number of nitrogens with one attached hydrogen (secondary N) is 2. The summed E-state index contributed by atoms with van der Waals surface area (Å²) in [5, 5.41) is 10.8. The third-order valence-corrected chi connectivity index (χ3v) is 7.51. The van der Waals surface area contributed by atoms with Crippen molar-refractivity contribution in [1.82, 2.24) is 30.0 Å². The van der Waals surface area contributed by atoms with Gasteiger partial charge in [0.05, 0.1) is 18.0 Å². The highest BCUT2D eigenvalue weighted by atomic mass is 16.5. The van der Waals surface area contributed by atoms with E-state index in [9.17, 15) is 4.79 Å². The molecule has 2 aromatic carbocycles. The van der Waals surface area contributed by atoms with E-state index >= 15 is 0 Å². The van der Waals surface area contributed by atoms with Crippen molar-refractivity contribution in [2.24, 2.45) is 0 Å². The van der Waals surface area contributed by atoms with Gasteiger partial charge in [-0.2, -0.15) is 10.1 Å². The van der Waals surface area contributed by atoms with Crippen molar-refractivity contribution in [3.8, 4) is 17.3 Å². The van der Waals surface area contributed by atoms with Gasteiger partial charge in [0.1, 0.15) is 11.6 Å². The van der Waals surface area contributed by atoms with E-state index in [2.05, 4.69) is 51.2 Å². The zero-order chi connectivity index (χ0) is 31.1. The Bertz CT molecular complexity index is 1540. The summed E-state index contributed by atoms with van der Waals surface area (Å²) < 4.78 is 13.2. The predicted molar refractivity (Wildman–Crippen MR) is 172 cm³/mol. The molecule has 44 heavy (non-hydrogen) atoms. The van der Waals surface area contributed by atoms with E-state index in [1.807, 2.05) is 61.5 Å². The van der Waals surface area contributed by atoms with Crippen LogP contribution in [-0.4, -0.2) is 77.1 Å². The number of ether oxygens (including phenoxy) is 2. The van der Waals surface area contributed by atoms with Crippen LogP contribution in [0.3, 0.4) is 0 Å². The summed E-state index contributed by atoms with van der Waals surface area (Å²) in [7, 11) is 1.73. The van der Waals surface area contributed by atoms with Crippen LogP contribution in [-0.2, 0) is 16.7 Å². The Morgan fingerprint density at radius 3 is 2.48 bits per heavy atom. The SMILES string of the molecule is COCCN1CCN(c2nccc(Oc3ccccc3CNC(=O)Nc3cc(C(C)(C)C)nn3-c3ccc(C)cc3)n2)CC1. The van der Waals surface area contributed by atoms with Crippen molar-refractivity contribution in [3.63, 3.8) is 0 Å². The fraction of sp³-hybridized carbons (Fsp3) is 0.394. The van der Waals surface area contributed by atoms with Crippen LogP contribution in [0.5, 0.6) is 11.6 Å². The number of nitrogens with zero attached hydrogens (tertiary/aromatic N) is 6. The maximum Gasteiger partial charge on any atom is 0.320 e. The van der Waals surface area contributed by atoms with Crippen LogP contribution < -0.4 is 20.3 Å². The Morgan fingerprint density at radius 2 is 1.75 bits per heavy atom. The average Bonchev–Trinajstić information content (AvgIpc) is 3.45. The Morgan fingerprint density at radius 1 is 1.00 bits per heavy atom. The quantitative estimate of drug-likeness (QED) is 0.258. The molecule has 11 heteroatoms. The highest BCUT2D eigenvalue weighted by Crippen LogP contribution is 2.27. The number of hydrogen-bond acceptors (Lipinski definition) is 8. The molecule has 0 saturated carbocycles. The minimum absolute atomic E-state index is 0.182. The summed E-state index contributed by atoms with van der Waals surface area (Å²) in [4.78, 5) is 26.8. The maximum atomic E-state index is 13.1. The van der Waals surface area contributed by atoms with Crippen LogP contribution >= 0.6 is 0 Å². The molecule has 0 atom stereocenters. The van der Waals surface area contributed by atoms with Gasteiger partial charge in [-0.05, 0) is 25.1 Å². The molecule has 0 radical (unpaired) electrons. The van der Waals surface area contributed by atoms with E-state index in [1.165, 1.54) is 0 Å². The van der Waals surface area contributed by atoms with Crippen molar-refractivity contribution >= 4 is 17.8 Å². The lowest BCUT2D eigenvalue weighted by atomic mass is 9.92. The van der Waals surface area contributed by atoms with Gasteiger partial charge in [0.15, 0.2) is 0 Å². The van der Waals surface area contributed by atoms with Crippen LogP contribution in [0.1, 0.15) is 37.6 Å². The van der Waals surface area contributed by atoms with Crippen LogP contribution in [0.15, 0.2) is 66.9 Å². The smallest absolute Gasteiger partial charge is 0.320 e. The van der Waals surface area contributed by atoms with Gasteiger partial charge in [0, 0.05) is 75.7 Å². The number of carbonyl (C=O) groups is 1. The standard InChI is InChI=1S/C33H42N8O3/c1-24-10-12-26(13-11-24)41-29(22-28(38-41)33(2,3)4)36-32(42)35-23-25-8-6-7-9-27(25)44-30-14-15-34-31(37-30)40-18-16-39(17-19-40)20-21-43-5/h6-15,22H,16-21,23H2,1-5H3,(H2,35,36,42). The lowest BCUT2D eigenvalue weighted by molar-refractivity contribution is 0.143. The minimum atomic E-state index is -0.345. The fourth-order valence-corrected chi connectivity index (χ4v) is 4.85. The molecule has 0 aliphatic carbocycles. The lowest BCUT2D eigenvalue weighted by Gasteiger charge is -2.34.